The second kappa shape index (κ2) is 5.89. The molecular formula is C15H19N3OS. The molecule has 0 radical (unpaired) electrons. The molecule has 0 bridgehead atoms. The number of likely N-dealkylation sites (N-methyl/N-ethyl adjacent to an activating group) is 1. The molecule has 0 aliphatic heterocycles. The Labute approximate surface area is 123 Å². The fourth-order valence-corrected chi connectivity index (χ4v) is 4.05. The number of nitrogens with zero attached hydrogens (tertiary/aromatic N) is 2. The Morgan fingerprint density at radius 1 is 1.35 bits per heavy atom. The van der Waals surface area contributed by atoms with Crippen LogP contribution in [0.1, 0.15) is 33.5 Å². The molecule has 20 heavy (non-hydrogen) atoms. The number of thiophene rings is 1. The Morgan fingerprint density at radius 2 is 2.25 bits per heavy atom. The maximum atomic E-state index is 5.16. The van der Waals surface area contributed by atoms with Gasteiger partial charge in [0.05, 0.1) is 7.11 Å². The quantitative estimate of drug-likeness (QED) is 0.919. The van der Waals surface area contributed by atoms with E-state index in [9.17, 15) is 0 Å². The summed E-state index contributed by atoms with van der Waals surface area (Å²) in [7, 11) is 3.64. The molecule has 1 N–H and O–H groups in total. The summed E-state index contributed by atoms with van der Waals surface area (Å²) in [5.74, 6) is 0.624. The monoisotopic (exact) mass is 289 g/mol. The van der Waals surface area contributed by atoms with Gasteiger partial charge in [0.1, 0.15) is 6.33 Å². The van der Waals surface area contributed by atoms with Gasteiger partial charge in [0.2, 0.25) is 5.88 Å². The first-order valence-corrected chi connectivity index (χ1v) is 7.75. The predicted octanol–water partition coefficient (Wildman–Crippen LogP) is 2.54. The molecule has 1 unspecified atom stereocenters. The van der Waals surface area contributed by atoms with E-state index < -0.39 is 0 Å². The highest BCUT2D eigenvalue weighted by Gasteiger charge is 2.20. The van der Waals surface area contributed by atoms with Crippen LogP contribution >= 0.6 is 11.3 Å². The molecule has 0 amide bonds. The first-order chi connectivity index (χ1) is 9.80. The van der Waals surface area contributed by atoms with Crippen molar-refractivity contribution < 1.29 is 4.74 Å². The van der Waals surface area contributed by atoms with Crippen LogP contribution in [0.3, 0.4) is 0 Å². The number of hydrogen-bond acceptors (Lipinski definition) is 5. The van der Waals surface area contributed by atoms with Crippen molar-refractivity contribution in [3.05, 3.63) is 39.5 Å². The van der Waals surface area contributed by atoms with Crippen LogP contribution in [0.4, 0.5) is 0 Å². The molecule has 0 saturated carbocycles. The maximum Gasteiger partial charge on any atom is 0.216 e. The molecule has 0 spiro atoms. The summed E-state index contributed by atoms with van der Waals surface area (Å²) in [6.45, 7) is 0. The zero-order chi connectivity index (χ0) is 13.9. The first-order valence-electron chi connectivity index (χ1n) is 6.94. The van der Waals surface area contributed by atoms with E-state index in [0.717, 1.165) is 12.1 Å². The molecule has 0 aromatic carbocycles. The molecule has 2 aromatic rings. The minimum absolute atomic E-state index is 0.310. The average Bonchev–Trinajstić information content (AvgIpc) is 3.06. The number of hydrogen-bond donors (Lipinski definition) is 1. The predicted molar refractivity (Wildman–Crippen MR) is 80.4 cm³/mol. The van der Waals surface area contributed by atoms with Crippen LogP contribution in [0.5, 0.6) is 5.88 Å². The molecule has 2 aromatic heterocycles. The van der Waals surface area contributed by atoms with Crippen LogP contribution < -0.4 is 10.1 Å². The van der Waals surface area contributed by atoms with E-state index in [1.54, 1.807) is 23.9 Å². The van der Waals surface area contributed by atoms with Crippen molar-refractivity contribution in [3.63, 3.8) is 0 Å². The number of nitrogens with one attached hydrogen (secondary N) is 1. The SMILES string of the molecule is CNC(Cc1cc(OC)ncn1)c1cc2c(s1)CCC2. The molecule has 4 nitrogen and oxygen atoms in total. The van der Waals surface area contributed by atoms with Gasteiger partial charge in [-0.05, 0) is 37.9 Å². The standard InChI is InChI=1S/C15H19N3OS/c1-16-12(7-11-8-15(19-2)18-9-17-11)14-6-10-4-3-5-13(10)20-14/h6,8-9,12,16H,3-5,7H2,1-2H3. The van der Waals surface area contributed by atoms with Gasteiger partial charge in [-0.1, -0.05) is 0 Å². The van der Waals surface area contributed by atoms with Crippen molar-refractivity contribution in [2.24, 2.45) is 0 Å². The topological polar surface area (TPSA) is 47.0 Å². The van der Waals surface area contributed by atoms with Crippen LogP contribution in [0.2, 0.25) is 0 Å². The number of aryl methyl sites for hydroxylation is 2. The lowest BCUT2D eigenvalue weighted by atomic mass is 10.1. The average molecular weight is 289 g/mol. The van der Waals surface area contributed by atoms with Crippen LogP contribution in [0, 0.1) is 0 Å². The van der Waals surface area contributed by atoms with E-state index >= 15 is 0 Å². The van der Waals surface area contributed by atoms with Gasteiger partial charge in [0.15, 0.2) is 0 Å². The van der Waals surface area contributed by atoms with Crippen molar-refractivity contribution in [1.82, 2.24) is 15.3 Å². The molecule has 2 heterocycles. The lowest BCUT2D eigenvalue weighted by molar-refractivity contribution is 0.395. The fourth-order valence-electron chi connectivity index (χ4n) is 2.68. The second-order valence-electron chi connectivity index (χ2n) is 5.05. The molecule has 1 aliphatic rings. The largest absolute Gasteiger partial charge is 0.481 e. The molecule has 3 rings (SSSR count). The smallest absolute Gasteiger partial charge is 0.216 e. The number of methoxy groups -OCH3 is 1. The Bertz CT molecular complexity index is 575. The van der Waals surface area contributed by atoms with Crippen LogP contribution in [0.15, 0.2) is 18.5 Å². The highest BCUT2D eigenvalue weighted by Crippen LogP contribution is 2.34. The maximum absolute atomic E-state index is 5.16. The summed E-state index contributed by atoms with van der Waals surface area (Å²) in [4.78, 5) is 11.4. The van der Waals surface area contributed by atoms with E-state index in [0.29, 0.717) is 11.9 Å². The van der Waals surface area contributed by atoms with Gasteiger partial charge in [-0.3, -0.25) is 0 Å². The van der Waals surface area contributed by atoms with Crippen molar-refractivity contribution in [1.29, 1.82) is 0 Å². The lowest BCUT2D eigenvalue weighted by Gasteiger charge is -2.14. The van der Waals surface area contributed by atoms with E-state index in [4.69, 9.17) is 4.74 Å². The lowest BCUT2D eigenvalue weighted by Crippen LogP contribution is -2.18. The zero-order valence-electron chi connectivity index (χ0n) is 11.8. The number of aromatic nitrogens is 2. The first kappa shape index (κ1) is 13.5. The molecule has 0 fully saturated rings. The van der Waals surface area contributed by atoms with E-state index in [-0.39, 0.29) is 0 Å². The van der Waals surface area contributed by atoms with Crippen LogP contribution in [0.25, 0.3) is 0 Å². The van der Waals surface area contributed by atoms with Gasteiger partial charge < -0.3 is 10.1 Å². The second-order valence-corrected chi connectivity index (χ2v) is 6.22. The summed E-state index contributed by atoms with van der Waals surface area (Å²) in [5, 5.41) is 3.40. The van der Waals surface area contributed by atoms with Gasteiger partial charge in [-0.2, -0.15) is 0 Å². The van der Waals surface area contributed by atoms with Crippen LogP contribution in [-0.4, -0.2) is 24.1 Å². The third-order valence-corrected chi connectivity index (χ3v) is 5.13. The van der Waals surface area contributed by atoms with Crippen molar-refractivity contribution >= 4 is 11.3 Å². The molecular weight excluding hydrogens is 270 g/mol. The Balaban J connectivity index is 1.78. The number of rotatable bonds is 5. The van der Waals surface area contributed by atoms with Gasteiger partial charge in [0, 0.05) is 34.0 Å². The minimum atomic E-state index is 0.310. The summed E-state index contributed by atoms with van der Waals surface area (Å²) in [5.41, 5.74) is 2.55. The number of fused-ring (bicyclic) bond motifs is 1. The van der Waals surface area contributed by atoms with E-state index in [1.807, 2.05) is 24.5 Å². The third kappa shape index (κ3) is 2.69. The highest BCUT2D eigenvalue weighted by molar-refractivity contribution is 7.12. The van der Waals surface area contributed by atoms with E-state index in [1.165, 1.54) is 24.1 Å². The summed E-state index contributed by atoms with van der Waals surface area (Å²) in [6, 6.07) is 4.59. The zero-order valence-corrected chi connectivity index (χ0v) is 12.7. The fraction of sp³-hybridized carbons (Fsp3) is 0.467. The third-order valence-electron chi connectivity index (χ3n) is 3.78. The van der Waals surface area contributed by atoms with Gasteiger partial charge in [-0.15, -0.1) is 11.3 Å². The summed E-state index contributed by atoms with van der Waals surface area (Å²) in [6.07, 6.45) is 6.22. The number of ether oxygens (including phenoxy) is 1. The van der Waals surface area contributed by atoms with Crippen molar-refractivity contribution in [2.45, 2.75) is 31.7 Å². The summed E-state index contributed by atoms with van der Waals surface area (Å²) < 4.78 is 5.16. The highest BCUT2D eigenvalue weighted by atomic mass is 32.1. The Morgan fingerprint density at radius 3 is 3.00 bits per heavy atom. The molecule has 0 saturated heterocycles. The Hall–Kier alpha value is -1.46. The van der Waals surface area contributed by atoms with Gasteiger partial charge in [0.25, 0.3) is 0 Å². The van der Waals surface area contributed by atoms with E-state index in [2.05, 4.69) is 21.4 Å². The Kier molecular flexibility index (Phi) is 3.98. The normalized spacial score (nSPS) is 15.1. The molecule has 1 atom stereocenters. The molecule has 5 heteroatoms. The summed E-state index contributed by atoms with van der Waals surface area (Å²) >= 11 is 1.95. The minimum Gasteiger partial charge on any atom is -0.481 e. The van der Waals surface area contributed by atoms with Crippen LogP contribution in [-0.2, 0) is 19.3 Å². The van der Waals surface area contributed by atoms with Crippen molar-refractivity contribution in [3.8, 4) is 5.88 Å². The molecule has 106 valence electrons. The molecule has 1 aliphatic carbocycles. The van der Waals surface area contributed by atoms with Crippen molar-refractivity contribution in [2.75, 3.05) is 14.2 Å². The van der Waals surface area contributed by atoms with Gasteiger partial charge >= 0.3 is 0 Å². The van der Waals surface area contributed by atoms with Gasteiger partial charge in [-0.25, -0.2) is 9.97 Å².